The summed E-state index contributed by atoms with van der Waals surface area (Å²) in [6.45, 7) is 1.97. The van der Waals surface area contributed by atoms with E-state index in [4.69, 9.17) is 11.5 Å². The first-order valence-electron chi connectivity index (χ1n) is 4.54. The summed E-state index contributed by atoms with van der Waals surface area (Å²) in [6, 6.07) is 2.15. The second-order valence-electron chi connectivity index (χ2n) is 3.12. The lowest BCUT2D eigenvalue weighted by Gasteiger charge is -2.14. The lowest BCUT2D eigenvalue weighted by atomic mass is 9.98. The Kier molecular flexibility index (Phi) is 3.55. The van der Waals surface area contributed by atoms with Gasteiger partial charge in [0.1, 0.15) is 0 Å². The van der Waals surface area contributed by atoms with Crippen molar-refractivity contribution in [2.75, 3.05) is 6.54 Å². The highest BCUT2D eigenvalue weighted by Crippen LogP contribution is 2.21. The molecule has 0 fully saturated rings. The molecular formula is C10H14F2N2. The number of benzene rings is 1. The molecule has 78 valence electrons. The fourth-order valence-corrected chi connectivity index (χ4v) is 1.44. The van der Waals surface area contributed by atoms with Crippen molar-refractivity contribution in [3.63, 3.8) is 0 Å². The highest BCUT2D eigenvalue weighted by atomic mass is 19.2. The number of hydrogen-bond donors (Lipinski definition) is 2. The molecule has 0 saturated carbocycles. The van der Waals surface area contributed by atoms with E-state index in [0.717, 1.165) is 6.07 Å². The number of halogens is 2. The average Bonchev–Trinajstić information content (AvgIpc) is 2.20. The van der Waals surface area contributed by atoms with E-state index in [1.807, 2.05) is 0 Å². The summed E-state index contributed by atoms with van der Waals surface area (Å²) in [7, 11) is 0. The van der Waals surface area contributed by atoms with E-state index in [1.165, 1.54) is 6.07 Å². The van der Waals surface area contributed by atoms with E-state index in [-0.39, 0.29) is 6.54 Å². The minimum absolute atomic E-state index is 0.220. The zero-order valence-corrected chi connectivity index (χ0v) is 8.06. The Morgan fingerprint density at radius 1 is 1.36 bits per heavy atom. The molecule has 4 N–H and O–H groups in total. The monoisotopic (exact) mass is 200 g/mol. The van der Waals surface area contributed by atoms with Crippen LogP contribution >= 0.6 is 0 Å². The SMILES string of the molecule is CCc1c([C@@H](N)CN)ccc(F)c1F. The van der Waals surface area contributed by atoms with Crippen LogP contribution in [0, 0.1) is 11.6 Å². The third-order valence-corrected chi connectivity index (χ3v) is 2.24. The first-order valence-corrected chi connectivity index (χ1v) is 4.54. The van der Waals surface area contributed by atoms with E-state index >= 15 is 0 Å². The topological polar surface area (TPSA) is 52.0 Å². The molecule has 4 heteroatoms. The first-order chi connectivity index (χ1) is 6.61. The van der Waals surface area contributed by atoms with Crippen molar-refractivity contribution in [3.8, 4) is 0 Å². The summed E-state index contributed by atoms with van der Waals surface area (Å²) in [5.41, 5.74) is 12.0. The molecule has 0 aromatic heterocycles. The van der Waals surface area contributed by atoms with Gasteiger partial charge in [-0.15, -0.1) is 0 Å². The molecule has 14 heavy (non-hydrogen) atoms. The molecule has 0 amide bonds. The molecule has 1 aromatic carbocycles. The third kappa shape index (κ3) is 1.91. The maximum Gasteiger partial charge on any atom is 0.162 e. The quantitative estimate of drug-likeness (QED) is 0.776. The second-order valence-corrected chi connectivity index (χ2v) is 3.12. The number of hydrogen-bond acceptors (Lipinski definition) is 2. The molecule has 0 saturated heterocycles. The highest BCUT2D eigenvalue weighted by Gasteiger charge is 2.15. The van der Waals surface area contributed by atoms with E-state index in [1.54, 1.807) is 6.92 Å². The molecule has 0 aliphatic rings. The Balaban J connectivity index is 3.23. The maximum absolute atomic E-state index is 13.3. The van der Waals surface area contributed by atoms with Gasteiger partial charge in [-0.05, 0) is 23.6 Å². The molecule has 2 nitrogen and oxygen atoms in total. The Morgan fingerprint density at radius 3 is 2.50 bits per heavy atom. The molecule has 1 atom stereocenters. The van der Waals surface area contributed by atoms with Crippen LogP contribution in [0.1, 0.15) is 24.1 Å². The largest absolute Gasteiger partial charge is 0.329 e. The Labute approximate surface area is 81.9 Å². The Morgan fingerprint density at radius 2 is 2.00 bits per heavy atom. The summed E-state index contributed by atoms with van der Waals surface area (Å²) in [4.78, 5) is 0. The van der Waals surface area contributed by atoms with Gasteiger partial charge in [0.15, 0.2) is 11.6 Å². The highest BCUT2D eigenvalue weighted by molar-refractivity contribution is 5.32. The van der Waals surface area contributed by atoms with Crippen LogP contribution in [-0.2, 0) is 6.42 Å². The number of nitrogens with two attached hydrogens (primary N) is 2. The lowest BCUT2D eigenvalue weighted by molar-refractivity contribution is 0.495. The second kappa shape index (κ2) is 4.48. The molecule has 0 heterocycles. The van der Waals surface area contributed by atoms with Crippen LogP contribution in [0.15, 0.2) is 12.1 Å². The van der Waals surface area contributed by atoms with Gasteiger partial charge in [-0.25, -0.2) is 8.78 Å². The van der Waals surface area contributed by atoms with E-state index in [0.29, 0.717) is 17.5 Å². The van der Waals surface area contributed by atoms with E-state index in [9.17, 15) is 8.78 Å². The summed E-state index contributed by atoms with van der Waals surface area (Å²) < 4.78 is 26.2. The van der Waals surface area contributed by atoms with Crippen LogP contribution in [0.5, 0.6) is 0 Å². The molecule has 1 rings (SSSR count). The van der Waals surface area contributed by atoms with Crippen LogP contribution in [0.25, 0.3) is 0 Å². The van der Waals surface area contributed by atoms with Crippen LogP contribution in [0.2, 0.25) is 0 Å². The van der Waals surface area contributed by atoms with Crippen molar-refractivity contribution < 1.29 is 8.78 Å². The van der Waals surface area contributed by atoms with Crippen molar-refractivity contribution in [3.05, 3.63) is 34.9 Å². The van der Waals surface area contributed by atoms with E-state index < -0.39 is 17.7 Å². The third-order valence-electron chi connectivity index (χ3n) is 2.24. The summed E-state index contributed by atoms with van der Waals surface area (Å²) in [6.07, 6.45) is 0.409. The summed E-state index contributed by atoms with van der Waals surface area (Å²) in [5.74, 6) is -1.65. The van der Waals surface area contributed by atoms with Crippen LogP contribution in [-0.4, -0.2) is 6.54 Å². The van der Waals surface area contributed by atoms with Gasteiger partial charge < -0.3 is 11.5 Å². The Hall–Kier alpha value is -1.00. The van der Waals surface area contributed by atoms with Crippen molar-refractivity contribution in [2.45, 2.75) is 19.4 Å². The molecule has 0 aliphatic carbocycles. The maximum atomic E-state index is 13.3. The van der Waals surface area contributed by atoms with Gasteiger partial charge in [0.25, 0.3) is 0 Å². The van der Waals surface area contributed by atoms with Crippen molar-refractivity contribution >= 4 is 0 Å². The van der Waals surface area contributed by atoms with Crippen molar-refractivity contribution in [2.24, 2.45) is 11.5 Å². The molecule has 0 radical (unpaired) electrons. The smallest absolute Gasteiger partial charge is 0.162 e. The van der Waals surface area contributed by atoms with Gasteiger partial charge in [-0.1, -0.05) is 13.0 Å². The predicted octanol–water partition coefficient (Wildman–Crippen LogP) is 1.49. The summed E-state index contributed by atoms with van der Waals surface area (Å²) in [5, 5.41) is 0. The fraction of sp³-hybridized carbons (Fsp3) is 0.400. The molecule has 0 bridgehead atoms. The van der Waals surface area contributed by atoms with Crippen LogP contribution < -0.4 is 11.5 Å². The molecule has 1 aromatic rings. The molecule has 0 unspecified atom stereocenters. The zero-order valence-electron chi connectivity index (χ0n) is 8.06. The average molecular weight is 200 g/mol. The minimum atomic E-state index is -0.838. The Bertz CT molecular complexity index is 326. The standard InChI is InChI=1S/C10H14F2N2/c1-2-6-7(9(14)5-13)3-4-8(11)10(6)12/h3-4,9H,2,5,13-14H2,1H3/t9-/m0/s1. The summed E-state index contributed by atoms with van der Waals surface area (Å²) >= 11 is 0. The fourth-order valence-electron chi connectivity index (χ4n) is 1.44. The predicted molar refractivity (Wildman–Crippen MR) is 51.7 cm³/mol. The van der Waals surface area contributed by atoms with Crippen molar-refractivity contribution in [1.82, 2.24) is 0 Å². The van der Waals surface area contributed by atoms with Gasteiger partial charge in [-0.3, -0.25) is 0 Å². The van der Waals surface area contributed by atoms with Gasteiger partial charge in [0.2, 0.25) is 0 Å². The van der Waals surface area contributed by atoms with Gasteiger partial charge in [0, 0.05) is 12.6 Å². The van der Waals surface area contributed by atoms with Crippen molar-refractivity contribution in [1.29, 1.82) is 0 Å². The molecular weight excluding hydrogens is 186 g/mol. The van der Waals surface area contributed by atoms with Gasteiger partial charge in [0.05, 0.1) is 0 Å². The van der Waals surface area contributed by atoms with Crippen LogP contribution in [0.3, 0.4) is 0 Å². The van der Waals surface area contributed by atoms with Crippen LogP contribution in [0.4, 0.5) is 8.78 Å². The normalized spacial score (nSPS) is 12.9. The van der Waals surface area contributed by atoms with Gasteiger partial charge in [-0.2, -0.15) is 0 Å². The minimum Gasteiger partial charge on any atom is -0.329 e. The first kappa shape index (κ1) is 11.1. The molecule has 0 spiro atoms. The molecule has 0 aliphatic heterocycles. The zero-order chi connectivity index (χ0) is 10.7. The van der Waals surface area contributed by atoms with Gasteiger partial charge >= 0.3 is 0 Å². The lowest BCUT2D eigenvalue weighted by Crippen LogP contribution is -2.22. The van der Waals surface area contributed by atoms with E-state index in [2.05, 4.69) is 0 Å². The number of rotatable bonds is 3.